The average Bonchev–Trinajstić information content (AvgIpc) is 3.27. The molecule has 4 rings (SSSR count). The molecule has 0 saturated carbocycles. The predicted octanol–water partition coefficient (Wildman–Crippen LogP) is 5.25. The second-order valence-electron chi connectivity index (χ2n) is 7.03. The molecule has 7 heteroatoms. The minimum absolute atomic E-state index is 0.150. The van der Waals surface area contributed by atoms with E-state index in [2.05, 4.69) is 71.2 Å². The maximum atomic E-state index is 12.2. The van der Waals surface area contributed by atoms with Gasteiger partial charge in [0.2, 0.25) is 0 Å². The van der Waals surface area contributed by atoms with Gasteiger partial charge < -0.3 is 4.57 Å². The maximum absolute atomic E-state index is 12.2. The summed E-state index contributed by atoms with van der Waals surface area (Å²) in [5.41, 5.74) is 9.11. The SMILES string of the molecule is Cc1ccc(-n2c(C)cc(C=NNC(=O)CSc3nc4ccccc4s3)c2C)cc1. The molecule has 152 valence electrons. The number of benzene rings is 2. The number of thiazole rings is 1. The van der Waals surface area contributed by atoms with E-state index in [4.69, 9.17) is 0 Å². The van der Waals surface area contributed by atoms with Gasteiger partial charge in [-0.05, 0) is 51.1 Å². The van der Waals surface area contributed by atoms with Gasteiger partial charge in [-0.15, -0.1) is 11.3 Å². The van der Waals surface area contributed by atoms with Crippen molar-refractivity contribution < 1.29 is 4.79 Å². The fourth-order valence-electron chi connectivity index (χ4n) is 3.26. The topological polar surface area (TPSA) is 59.3 Å². The third kappa shape index (κ3) is 4.47. The lowest BCUT2D eigenvalue weighted by molar-refractivity contribution is -0.118. The number of thioether (sulfide) groups is 1. The summed E-state index contributed by atoms with van der Waals surface area (Å²) < 4.78 is 4.20. The van der Waals surface area contributed by atoms with Gasteiger partial charge in [-0.2, -0.15) is 5.10 Å². The minimum Gasteiger partial charge on any atom is -0.318 e. The van der Waals surface area contributed by atoms with Crippen LogP contribution < -0.4 is 5.43 Å². The van der Waals surface area contributed by atoms with Crippen LogP contribution in [0, 0.1) is 20.8 Å². The molecule has 0 aliphatic carbocycles. The van der Waals surface area contributed by atoms with E-state index < -0.39 is 0 Å². The molecule has 0 aliphatic rings. The Morgan fingerprint density at radius 2 is 1.93 bits per heavy atom. The van der Waals surface area contributed by atoms with Crippen LogP contribution >= 0.6 is 23.1 Å². The molecule has 0 fully saturated rings. The Morgan fingerprint density at radius 3 is 2.70 bits per heavy atom. The number of carbonyl (C=O) groups excluding carboxylic acids is 1. The number of nitrogens with one attached hydrogen (secondary N) is 1. The van der Waals surface area contributed by atoms with E-state index in [1.54, 1.807) is 17.6 Å². The molecule has 2 heterocycles. The van der Waals surface area contributed by atoms with Gasteiger partial charge in [0.1, 0.15) is 0 Å². The predicted molar refractivity (Wildman–Crippen MR) is 126 cm³/mol. The van der Waals surface area contributed by atoms with E-state index in [1.807, 2.05) is 24.3 Å². The highest BCUT2D eigenvalue weighted by atomic mass is 32.2. The molecular formula is C23H22N4OS2. The van der Waals surface area contributed by atoms with Crippen molar-refractivity contribution in [1.29, 1.82) is 0 Å². The monoisotopic (exact) mass is 434 g/mol. The van der Waals surface area contributed by atoms with Crippen molar-refractivity contribution in [2.75, 3.05) is 5.75 Å². The molecular weight excluding hydrogens is 412 g/mol. The summed E-state index contributed by atoms with van der Waals surface area (Å²) in [5.74, 6) is 0.127. The fraction of sp³-hybridized carbons (Fsp3) is 0.174. The number of fused-ring (bicyclic) bond motifs is 1. The summed E-state index contributed by atoms with van der Waals surface area (Å²) in [6, 6.07) is 18.5. The smallest absolute Gasteiger partial charge is 0.250 e. The second-order valence-corrected chi connectivity index (χ2v) is 9.28. The van der Waals surface area contributed by atoms with Crippen molar-refractivity contribution in [3.05, 3.63) is 77.1 Å². The largest absolute Gasteiger partial charge is 0.318 e. The van der Waals surface area contributed by atoms with Crippen LogP contribution in [0.15, 0.2) is 64.0 Å². The van der Waals surface area contributed by atoms with Crippen LogP contribution in [0.4, 0.5) is 0 Å². The van der Waals surface area contributed by atoms with Crippen molar-refractivity contribution in [2.45, 2.75) is 25.1 Å². The van der Waals surface area contributed by atoms with Gasteiger partial charge in [0.15, 0.2) is 4.34 Å². The highest BCUT2D eigenvalue weighted by Crippen LogP contribution is 2.29. The van der Waals surface area contributed by atoms with Gasteiger partial charge >= 0.3 is 0 Å². The van der Waals surface area contributed by atoms with E-state index >= 15 is 0 Å². The molecule has 0 unspecified atom stereocenters. The van der Waals surface area contributed by atoms with Crippen LogP contribution in [0.2, 0.25) is 0 Å². The number of nitrogens with zero attached hydrogens (tertiary/aromatic N) is 3. The fourth-order valence-corrected chi connectivity index (χ4v) is 5.12. The summed E-state index contributed by atoms with van der Waals surface area (Å²) in [6.45, 7) is 6.20. The van der Waals surface area contributed by atoms with E-state index in [9.17, 15) is 4.79 Å². The molecule has 0 saturated heterocycles. The Labute approximate surface area is 183 Å². The lowest BCUT2D eigenvalue weighted by Crippen LogP contribution is -2.19. The lowest BCUT2D eigenvalue weighted by atomic mass is 10.2. The first-order valence-electron chi connectivity index (χ1n) is 9.57. The Kier molecular flexibility index (Phi) is 6.01. The second kappa shape index (κ2) is 8.85. The standard InChI is InChI=1S/C23H22N4OS2/c1-15-8-10-19(11-9-15)27-16(2)12-18(17(27)3)13-24-26-22(28)14-29-23-25-20-6-4-5-7-21(20)30-23/h4-13H,14H2,1-3H3,(H,26,28). The molecule has 2 aromatic heterocycles. The van der Waals surface area contributed by atoms with Crippen molar-refractivity contribution >= 4 is 45.4 Å². The van der Waals surface area contributed by atoms with Gasteiger partial charge in [-0.1, -0.05) is 41.6 Å². The molecule has 4 aromatic rings. The molecule has 0 bridgehead atoms. The summed E-state index contributed by atoms with van der Waals surface area (Å²) in [5, 5.41) is 4.15. The summed E-state index contributed by atoms with van der Waals surface area (Å²) in [6.07, 6.45) is 1.70. The normalized spacial score (nSPS) is 11.4. The van der Waals surface area contributed by atoms with Crippen LogP contribution in [-0.2, 0) is 4.79 Å². The van der Waals surface area contributed by atoms with Crippen LogP contribution in [0.3, 0.4) is 0 Å². The van der Waals surface area contributed by atoms with Crippen LogP contribution in [0.5, 0.6) is 0 Å². The van der Waals surface area contributed by atoms with E-state index in [1.165, 1.54) is 17.3 Å². The number of para-hydroxylation sites is 1. The van der Waals surface area contributed by atoms with Crippen LogP contribution in [0.1, 0.15) is 22.5 Å². The number of hydrogen-bond donors (Lipinski definition) is 1. The van der Waals surface area contributed by atoms with Crippen molar-refractivity contribution in [1.82, 2.24) is 15.0 Å². The van der Waals surface area contributed by atoms with Crippen LogP contribution in [0.25, 0.3) is 15.9 Å². The molecule has 0 spiro atoms. The first-order chi connectivity index (χ1) is 14.5. The zero-order valence-corrected chi connectivity index (χ0v) is 18.7. The lowest BCUT2D eigenvalue weighted by Gasteiger charge is -2.09. The number of aryl methyl sites for hydroxylation is 2. The number of hydrazone groups is 1. The quantitative estimate of drug-likeness (QED) is 0.256. The highest BCUT2D eigenvalue weighted by Gasteiger charge is 2.10. The number of amides is 1. The number of aromatic nitrogens is 2. The van der Waals surface area contributed by atoms with E-state index in [0.29, 0.717) is 0 Å². The Hall–Kier alpha value is -2.90. The first kappa shape index (κ1) is 20.4. The van der Waals surface area contributed by atoms with Crippen molar-refractivity contribution in [3.63, 3.8) is 0 Å². The summed E-state index contributed by atoms with van der Waals surface area (Å²) >= 11 is 3.02. The summed E-state index contributed by atoms with van der Waals surface area (Å²) in [7, 11) is 0. The highest BCUT2D eigenvalue weighted by molar-refractivity contribution is 8.01. The molecule has 0 aliphatic heterocycles. The van der Waals surface area contributed by atoms with Gasteiger partial charge in [0.05, 0.1) is 22.2 Å². The minimum atomic E-state index is -0.150. The van der Waals surface area contributed by atoms with Crippen molar-refractivity contribution in [3.8, 4) is 5.69 Å². The molecule has 5 nitrogen and oxygen atoms in total. The average molecular weight is 435 g/mol. The Balaban J connectivity index is 1.37. The third-order valence-corrected chi connectivity index (χ3v) is 6.94. The van der Waals surface area contributed by atoms with Gasteiger partial charge in [-0.25, -0.2) is 10.4 Å². The Bertz CT molecular complexity index is 1190. The van der Waals surface area contributed by atoms with Gasteiger partial charge in [0.25, 0.3) is 5.91 Å². The molecule has 30 heavy (non-hydrogen) atoms. The molecule has 0 radical (unpaired) electrons. The molecule has 1 amide bonds. The van der Waals surface area contributed by atoms with Crippen molar-refractivity contribution in [2.24, 2.45) is 5.10 Å². The molecule has 2 aromatic carbocycles. The van der Waals surface area contributed by atoms with Crippen LogP contribution in [-0.4, -0.2) is 27.4 Å². The van der Waals surface area contributed by atoms with E-state index in [-0.39, 0.29) is 11.7 Å². The van der Waals surface area contributed by atoms with Gasteiger partial charge in [0, 0.05) is 22.6 Å². The number of hydrogen-bond acceptors (Lipinski definition) is 5. The van der Waals surface area contributed by atoms with E-state index in [0.717, 1.165) is 37.2 Å². The zero-order chi connectivity index (χ0) is 21.1. The number of carbonyl (C=O) groups is 1. The third-order valence-electron chi connectivity index (χ3n) is 4.76. The zero-order valence-electron chi connectivity index (χ0n) is 17.0. The first-order valence-corrected chi connectivity index (χ1v) is 11.4. The van der Waals surface area contributed by atoms with Gasteiger partial charge in [-0.3, -0.25) is 4.79 Å². The number of rotatable bonds is 6. The molecule has 1 N–H and O–H groups in total. The maximum Gasteiger partial charge on any atom is 0.250 e. The molecule has 0 atom stereocenters. The summed E-state index contributed by atoms with van der Waals surface area (Å²) in [4.78, 5) is 16.7. The Morgan fingerprint density at radius 1 is 1.17 bits per heavy atom.